The Morgan fingerprint density at radius 2 is 2.00 bits per heavy atom. The highest BCUT2D eigenvalue weighted by atomic mass is 15.2. The van der Waals surface area contributed by atoms with Gasteiger partial charge in [0.1, 0.15) is 12.2 Å². The number of aromatic nitrogens is 3. The third-order valence-corrected chi connectivity index (χ3v) is 1.40. The van der Waals surface area contributed by atoms with Crippen molar-refractivity contribution in [2.75, 3.05) is 0 Å². The Kier molecular flexibility index (Phi) is 5.34. The van der Waals surface area contributed by atoms with E-state index in [1.165, 1.54) is 0 Å². The van der Waals surface area contributed by atoms with Gasteiger partial charge < -0.3 is 4.57 Å². The van der Waals surface area contributed by atoms with Crippen molar-refractivity contribution >= 4 is 0 Å². The minimum absolute atomic E-state index is 0.655. The molecule has 0 spiro atoms. The second-order valence-corrected chi connectivity index (χ2v) is 2.96. The first-order valence-corrected chi connectivity index (χ1v) is 4.53. The van der Waals surface area contributed by atoms with Gasteiger partial charge in [0.05, 0.1) is 0 Å². The van der Waals surface area contributed by atoms with Crippen LogP contribution in [0.25, 0.3) is 0 Å². The Morgan fingerprint density at radius 3 is 2.33 bits per heavy atom. The molecule has 0 fully saturated rings. The Morgan fingerprint density at radius 1 is 1.42 bits per heavy atom. The van der Waals surface area contributed by atoms with Gasteiger partial charge in [-0.1, -0.05) is 27.7 Å². The van der Waals surface area contributed by atoms with Crippen LogP contribution in [0.3, 0.4) is 0 Å². The maximum atomic E-state index is 3.97. The lowest BCUT2D eigenvalue weighted by atomic mass is 10.1. The molecule has 0 saturated heterocycles. The lowest BCUT2D eigenvalue weighted by Gasteiger charge is -2.01. The Balaban J connectivity index is 0.000000561. The monoisotopic (exact) mass is 169 g/mol. The van der Waals surface area contributed by atoms with Gasteiger partial charge in [-0.2, -0.15) is 0 Å². The molecular weight excluding hydrogens is 150 g/mol. The lowest BCUT2D eigenvalue weighted by Crippen LogP contribution is -2.01. The average Bonchev–Trinajstić information content (AvgIpc) is 2.40. The zero-order valence-electron chi connectivity index (χ0n) is 8.70. The van der Waals surface area contributed by atoms with Crippen molar-refractivity contribution in [2.24, 2.45) is 13.0 Å². The molecule has 0 aliphatic heterocycles. The van der Waals surface area contributed by atoms with Crippen molar-refractivity contribution < 1.29 is 0 Å². The molecule has 1 heterocycles. The van der Waals surface area contributed by atoms with Gasteiger partial charge >= 0.3 is 0 Å². The van der Waals surface area contributed by atoms with E-state index in [4.69, 9.17) is 0 Å². The minimum Gasteiger partial charge on any atom is -0.321 e. The predicted molar refractivity (Wildman–Crippen MR) is 50.9 cm³/mol. The molecule has 0 N–H and O–H groups in total. The van der Waals surface area contributed by atoms with E-state index in [1.54, 1.807) is 6.33 Å². The molecule has 0 unspecified atom stereocenters. The van der Waals surface area contributed by atoms with E-state index in [0.29, 0.717) is 5.92 Å². The highest BCUT2D eigenvalue weighted by molar-refractivity contribution is 4.84. The number of hydrogen-bond acceptors (Lipinski definition) is 2. The summed E-state index contributed by atoms with van der Waals surface area (Å²) in [5.41, 5.74) is 0. The standard InChI is InChI=1S/C7H13N3.C2H6/c1-6(2)4-7-9-8-5-10(7)3;1-2/h5-6H,4H2,1-3H3;1-2H3. The summed E-state index contributed by atoms with van der Waals surface area (Å²) in [5, 5.41) is 7.76. The highest BCUT2D eigenvalue weighted by Gasteiger charge is 2.01. The van der Waals surface area contributed by atoms with E-state index in [9.17, 15) is 0 Å². The van der Waals surface area contributed by atoms with Crippen LogP contribution in [-0.2, 0) is 13.5 Å². The zero-order valence-corrected chi connectivity index (χ0v) is 8.70. The third-order valence-electron chi connectivity index (χ3n) is 1.40. The second-order valence-electron chi connectivity index (χ2n) is 2.96. The summed E-state index contributed by atoms with van der Waals surface area (Å²) < 4.78 is 1.96. The van der Waals surface area contributed by atoms with Crippen LogP contribution in [0.5, 0.6) is 0 Å². The molecule has 0 saturated carbocycles. The Labute approximate surface area is 74.8 Å². The van der Waals surface area contributed by atoms with E-state index in [1.807, 2.05) is 25.5 Å². The molecule has 0 radical (unpaired) electrons. The molecule has 1 aromatic rings. The molecule has 0 aliphatic carbocycles. The zero-order chi connectivity index (χ0) is 9.56. The molecule has 3 heteroatoms. The van der Waals surface area contributed by atoms with Crippen molar-refractivity contribution in [1.82, 2.24) is 14.8 Å². The van der Waals surface area contributed by atoms with Crippen molar-refractivity contribution in [2.45, 2.75) is 34.1 Å². The van der Waals surface area contributed by atoms with E-state index in [-0.39, 0.29) is 0 Å². The Bertz CT molecular complexity index is 203. The van der Waals surface area contributed by atoms with Crippen LogP contribution in [-0.4, -0.2) is 14.8 Å². The maximum absolute atomic E-state index is 3.97. The van der Waals surface area contributed by atoms with Gasteiger partial charge in [-0.05, 0) is 5.92 Å². The van der Waals surface area contributed by atoms with E-state index in [2.05, 4.69) is 24.0 Å². The summed E-state index contributed by atoms with van der Waals surface area (Å²) in [6.45, 7) is 8.35. The largest absolute Gasteiger partial charge is 0.321 e. The van der Waals surface area contributed by atoms with Gasteiger partial charge in [0, 0.05) is 13.5 Å². The molecule has 1 rings (SSSR count). The topological polar surface area (TPSA) is 30.7 Å². The van der Waals surface area contributed by atoms with Gasteiger partial charge in [0.25, 0.3) is 0 Å². The van der Waals surface area contributed by atoms with Crippen LogP contribution >= 0.6 is 0 Å². The van der Waals surface area contributed by atoms with Crippen molar-refractivity contribution in [3.8, 4) is 0 Å². The van der Waals surface area contributed by atoms with Crippen LogP contribution in [0.1, 0.15) is 33.5 Å². The van der Waals surface area contributed by atoms with E-state index < -0.39 is 0 Å². The smallest absolute Gasteiger partial charge is 0.132 e. The lowest BCUT2D eigenvalue weighted by molar-refractivity contribution is 0.601. The Hall–Kier alpha value is -0.860. The van der Waals surface area contributed by atoms with Crippen molar-refractivity contribution in [1.29, 1.82) is 0 Å². The molecule has 3 nitrogen and oxygen atoms in total. The first kappa shape index (κ1) is 11.1. The SMILES string of the molecule is CC.CC(C)Cc1nncn1C. The quantitative estimate of drug-likeness (QED) is 0.678. The van der Waals surface area contributed by atoms with Crippen molar-refractivity contribution in [3.05, 3.63) is 12.2 Å². The summed E-state index contributed by atoms with van der Waals surface area (Å²) in [5.74, 6) is 1.72. The first-order chi connectivity index (χ1) is 5.70. The molecule has 0 bridgehead atoms. The summed E-state index contributed by atoms with van der Waals surface area (Å²) >= 11 is 0. The molecule has 0 aliphatic rings. The molecule has 0 amide bonds. The predicted octanol–water partition coefficient (Wildman–Crippen LogP) is 2.04. The van der Waals surface area contributed by atoms with Crippen LogP contribution < -0.4 is 0 Å². The second kappa shape index (κ2) is 5.75. The number of rotatable bonds is 2. The van der Waals surface area contributed by atoms with E-state index >= 15 is 0 Å². The fourth-order valence-electron chi connectivity index (χ4n) is 0.857. The molecular formula is C9H19N3. The van der Waals surface area contributed by atoms with Gasteiger partial charge in [-0.15, -0.1) is 10.2 Å². The average molecular weight is 169 g/mol. The minimum atomic E-state index is 0.655. The summed E-state index contributed by atoms with van der Waals surface area (Å²) in [6.07, 6.45) is 2.74. The molecule has 70 valence electrons. The van der Waals surface area contributed by atoms with Crippen LogP contribution in [0, 0.1) is 5.92 Å². The number of hydrogen-bond donors (Lipinski definition) is 0. The number of nitrogens with zero attached hydrogens (tertiary/aromatic N) is 3. The molecule has 12 heavy (non-hydrogen) atoms. The first-order valence-electron chi connectivity index (χ1n) is 4.53. The van der Waals surface area contributed by atoms with Crippen molar-refractivity contribution in [3.63, 3.8) is 0 Å². The highest BCUT2D eigenvalue weighted by Crippen LogP contribution is 2.02. The summed E-state index contributed by atoms with van der Waals surface area (Å²) in [4.78, 5) is 0. The van der Waals surface area contributed by atoms with Gasteiger partial charge in [-0.3, -0.25) is 0 Å². The fourth-order valence-corrected chi connectivity index (χ4v) is 0.857. The van der Waals surface area contributed by atoms with E-state index in [0.717, 1.165) is 12.2 Å². The van der Waals surface area contributed by atoms with Crippen LogP contribution in [0.15, 0.2) is 6.33 Å². The molecule has 1 aromatic heterocycles. The van der Waals surface area contributed by atoms with Gasteiger partial charge in [0.15, 0.2) is 0 Å². The summed E-state index contributed by atoms with van der Waals surface area (Å²) in [6, 6.07) is 0. The third kappa shape index (κ3) is 3.51. The summed E-state index contributed by atoms with van der Waals surface area (Å²) in [7, 11) is 1.97. The van der Waals surface area contributed by atoms with Crippen LogP contribution in [0.2, 0.25) is 0 Å². The molecule has 0 atom stereocenters. The molecule has 0 aromatic carbocycles. The fraction of sp³-hybridized carbons (Fsp3) is 0.778. The van der Waals surface area contributed by atoms with Gasteiger partial charge in [0.2, 0.25) is 0 Å². The van der Waals surface area contributed by atoms with Gasteiger partial charge in [-0.25, -0.2) is 0 Å². The maximum Gasteiger partial charge on any atom is 0.132 e. The van der Waals surface area contributed by atoms with Crippen LogP contribution in [0.4, 0.5) is 0 Å². The number of aryl methyl sites for hydroxylation is 1. The normalized spacial score (nSPS) is 9.50.